The third-order valence-corrected chi connectivity index (χ3v) is 8.28. The number of carbonyl (C=O) groups is 7. The molecule has 14 heteroatoms. The molecule has 2 aliphatic heterocycles. The van der Waals surface area contributed by atoms with E-state index in [4.69, 9.17) is 33.2 Å². The third-order valence-electron chi connectivity index (χ3n) is 8.28. The first-order chi connectivity index (χ1) is 25.7. The molecule has 276 valence electrons. The largest absolute Gasteiger partial charge is 0.484 e. The van der Waals surface area contributed by atoms with E-state index < -0.39 is 59.5 Å². The number of Topliss-reactive ketones (excluding diaryl/α,β-unsaturated/α-hetero) is 2. The zero-order valence-electron chi connectivity index (χ0n) is 29.6. The number of hydrogen-bond donors (Lipinski definition) is 0. The number of benzene rings is 4. The zero-order chi connectivity index (χ0) is 38.8. The van der Waals surface area contributed by atoms with Gasteiger partial charge in [-0.05, 0) is 47.5 Å². The van der Waals surface area contributed by atoms with Crippen LogP contribution in [0.5, 0.6) is 40.2 Å². The second kappa shape index (κ2) is 15.0. The van der Waals surface area contributed by atoms with Crippen molar-refractivity contribution < 1.29 is 66.7 Å². The van der Waals surface area contributed by atoms with Crippen molar-refractivity contribution in [2.45, 2.75) is 59.2 Å². The molecule has 0 fully saturated rings. The lowest BCUT2D eigenvalue weighted by Gasteiger charge is -2.36. The molecule has 4 aromatic rings. The van der Waals surface area contributed by atoms with Gasteiger partial charge in [0, 0.05) is 46.8 Å². The highest BCUT2D eigenvalue weighted by Gasteiger charge is 2.46. The molecule has 0 spiro atoms. The monoisotopic (exact) mass is 736 g/mol. The molecule has 2 aliphatic rings. The van der Waals surface area contributed by atoms with Gasteiger partial charge in [-0.2, -0.15) is 0 Å². The van der Waals surface area contributed by atoms with E-state index in [1.165, 1.54) is 57.2 Å². The van der Waals surface area contributed by atoms with Crippen molar-refractivity contribution >= 4 is 41.4 Å². The van der Waals surface area contributed by atoms with Gasteiger partial charge in [-0.1, -0.05) is 24.3 Å². The van der Waals surface area contributed by atoms with Crippen LogP contribution in [0.1, 0.15) is 96.6 Å². The number of ketones is 2. The van der Waals surface area contributed by atoms with Crippen LogP contribution in [0, 0.1) is 0 Å². The maximum absolute atomic E-state index is 14.7. The van der Waals surface area contributed by atoms with Gasteiger partial charge in [-0.3, -0.25) is 33.6 Å². The first-order valence-corrected chi connectivity index (χ1v) is 16.6. The number of ether oxygens (including phenoxy) is 7. The van der Waals surface area contributed by atoms with Crippen molar-refractivity contribution in [3.05, 3.63) is 101 Å². The second-order valence-electron chi connectivity index (χ2n) is 12.4. The molecule has 0 saturated carbocycles. The van der Waals surface area contributed by atoms with Crippen LogP contribution in [-0.2, 0) is 24.0 Å². The van der Waals surface area contributed by atoms with Crippen LogP contribution < -0.4 is 33.2 Å². The van der Waals surface area contributed by atoms with Crippen molar-refractivity contribution in [3.63, 3.8) is 0 Å². The predicted octanol–water partition coefficient (Wildman–Crippen LogP) is 6.12. The van der Waals surface area contributed by atoms with Gasteiger partial charge >= 0.3 is 29.8 Å². The minimum absolute atomic E-state index is 0.0452. The fourth-order valence-electron chi connectivity index (χ4n) is 6.31. The molecule has 3 atom stereocenters. The summed E-state index contributed by atoms with van der Waals surface area (Å²) in [4.78, 5) is 88.9. The van der Waals surface area contributed by atoms with Gasteiger partial charge in [0.05, 0.1) is 23.5 Å². The fraction of sp³-hybridized carbons (Fsp3) is 0.225. The Morgan fingerprint density at radius 1 is 0.574 bits per heavy atom. The van der Waals surface area contributed by atoms with Gasteiger partial charge < -0.3 is 33.2 Å². The topological polar surface area (TPSA) is 184 Å². The van der Waals surface area contributed by atoms with Crippen molar-refractivity contribution in [3.8, 4) is 40.2 Å². The molecule has 4 aromatic carbocycles. The molecular weight excluding hydrogens is 704 g/mol. The Morgan fingerprint density at radius 2 is 1.09 bits per heavy atom. The van der Waals surface area contributed by atoms with Gasteiger partial charge in [0.25, 0.3) is 0 Å². The SMILES string of the molecule is CC(=O)Oc1ccc([C@H]2Oc3cc(OC(C)=O)ccc3C(=O)[C@@H]2c2c(OC(C)=O)cc3c(c2OC(C)=O)C(=O)C[C@H](c2ccc(OC(C)=O)cc2)O3)cc1. The summed E-state index contributed by atoms with van der Waals surface area (Å²) in [5.74, 6) is -5.93. The summed E-state index contributed by atoms with van der Waals surface area (Å²) < 4.78 is 39.6. The van der Waals surface area contributed by atoms with E-state index in [1.54, 1.807) is 36.4 Å². The number of esters is 5. The van der Waals surface area contributed by atoms with Crippen molar-refractivity contribution in [2.75, 3.05) is 0 Å². The standard InChI is InChI=1S/C40H32O14/c1-19(41)48-26-10-6-24(7-11-26)31-17-30(46)35-33(53-31)18-34(51-22(4)44)36(40(35)52-23(5)45)37-38(47)29-15-14-28(50-21(3)43)16-32(29)54-39(37)25-8-12-27(13-9-25)49-20(2)42/h6-16,18,31,37,39H,17H2,1-5H3/t31-,37+,39-/m1/s1. The summed E-state index contributed by atoms with van der Waals surface area (Å²) in [6, 6.07) is 17.8. The fourth-order valence-corrected chi connectivity index (χ4v) is 6.31. The number of hydrogen-bond acceptors (Lipinski definition) is 14. The van der Waals surface area contributed by atoms with Gasteiger partial charge in [-0.15, -0.1) is 0 Å². The highest BCUT2D eigenvalue weighted by molar-refractivity contribution is 6.08. The molecule has 6 rings (SSSR count). The van der Waals surface area contributed by atoms with Gasteiger partial charge in [0.15, 0.2) is 17.3 Å². The average Bonchev–Trinajstić information content (AvgIpc) is 3.08. The lowest BCUT2D eigenvalue weighted by atomic mass is 9.78. The molecule has 2 heterocycles. The second-order valence-corrected chi connectivity index (χ2v) is 12.4. The van der Waals surface area contributed by atoms with Crippen LogP contribution in [0.25, 0.3) is 0 Å². The summed E-state index contributed by atoms with van der Waals surface area (Å²) in [6.45, 7) is 5.95. The lowest BCUT2D eigenvalue weighted by molar-refractivity contribution is -0.133. The summed E-state index contributed by atoms with van der Waals surface area (Å²) in [5.41, 5.74) is 0.650. The maximum atomic E-state index is 14.7. The van der Waals surface area contributed by atoms with Crippen LogP contribution in [0.4, 0.5) is 0 Å². The first-order valence-electron chi connectivity index (χ1n) is 16.6. The minimum atomic E-state index is -1.43. The molecule has 0 unspecified atom stereocenters. The molecule has 0 N–H and O–H groups in total. The molecule has 14 nitrogen and oxygen atoms in total. The lowest BCUT2D eigenvalue weighted by Crippen LogP contribution is -2.32. The Bertz CT molecular complexity index is 2220. The van der Waals surface area contributed by atoms with E-state index in [0.717, 1.165) is 13.8 Å². The van der Waals surface area contributed by atoms with E-state index in [9.17, 15) is 33.6 Å². The van der Waals surface area contributed by atoms with Gasteiger partial charge in [-0.25, -0.2) is 0 Å². The van der Waals surface area contributed by atoms with Crippen LogP contribution in [0.3, 0.4) is 0 Å². The summed E-state index contributed by atoms with van der Waals surface area (Å²) in [7, 11) is 0. The third kappa shape index (κ3) is 7.82. The summed E-state index contributed by atoms with van der Waals surface area (Å²) >= 11 is 0. The summed E-state index contributed by atoms with van der Waals surface area (Å²) in [6.07, 6.45) is -2.31. The Morgan fingerprint density at radius 3 is 1.65 bits per heavy atom. The number of rotatable bonds is 8. The van der Waals surface area contributed by atoms with Crippen molar-refractivity contribution in [1.29, 1.82) is 0 Å². The van der Waals surface area contributed by atoms with Crippen LogP contribution >= 0.6 is 0 Å². The van der Waals surface area contributed by atoms with E-state index in [1.807, 2.05) is 0 Å². The molecule has 0 amide bonds. The zero-order valence-corrected chi connectivity index (χ0v) is 29.6. The molecule has 0 saturated heterocycles. The molecule has 0 radical (unpaired) electrons. The van der Waals surface area contributed by atoms with Crippen LogP contribution in [0.2, 0.25) is 0 Å². The molecule has 0 aromatic heterocycles. The molecular formula is C40H32O14. The smallest absolute Gasteiger partial charge is 0.308 e. The van der Waals surface area contributed by atoms with E-state index in [2.05, 4.69) is 0 Å². The minimum Gasteiger partial charge on any atom is -0.484 e. The Balaban J connectivity index is 1.54. The quantitative estimate of drug-likeness (QED) is 0.149. The highest BCUT2D eigenvalue weighted by atomic mass is 16.6. The number of carbonyl (C=O) groups excluding carboxylic acids is 7. The van der Waals surface area contributed by atoms with Crippen LogP contribution in [0.15, 0.2) is 72.8 Å². The van der Waals surface area contributed by atoms with Gasteiger partial charge in [0.1, 0.15) is 52.3 Å². The Kier molecular flexibility index (Phi) is 10.3. The average molecular weight is 737 g/mol. The molecule has 0 aliphatic carbocycles. The molecule has 54 heavy (non-hydrogen) atoms. The highest BCUT2D eigenvalue weighted by Crippen LogP contribution is 2.54. The van der Waals surface area contributed by atoms with E-state index in [0.29, 0.717) is 11.1 Å². The van der Waals surface area contributed by atoms with Crippen molar-refractivity contribution in [1.82, 2.24) is 0 Å². The van der Waals surface area contributed by atoms with E-state index >= 15 is 0 Å². The van der Waals surface area contributed by atoms with Crippen molar-refractivity contribution in [2.24, 2.45) is 0 Å². The normalized spacial score (nSPS) is 17.1. The van der Waals surface area contributed by atoms with Gasteiger partial charge in [0.2, 0.25) is 0 Å². The van der Waals surface area contributed by atoms with E-state index in [-0.39, 0.29) is 63.4 Å². The Hall–Kier alpha value is -6.83. The predicted molar refractivity (Wildman–Crippen MR) is 185 cm³/mol. The maximum Gasteiger partial charge on any atom is 0.308 e. The number of fused-ring (bicyclic) bond motifs is 2. The molecule has 0 bridgehead atoms. The summed E-state index contributed by atoms with van der Waals surface area (Å²) in [5, 5.41) is 0. The van der Waals surface area contributed by atoms with Crippen LogP contribution in [-0.4, -0.2) is 41.4 Å². The Labute approximate surface area is 307 Å². The first kappa shape index (κ1) is 36.9.